The third kappa shape index (κ3) is 2.59. The van der Waals surface area contributed by atoms with Gasteiger partial charge in [-0.2, -0.15) is 0 Å². The summed E-state index contributed by atoms with van der Waals surface area (Å²) < 4.78 is 5.88. The highest BCUT2D eigenvalue weighted by atomic mass is 16.5. The molecule has 0 aromatic heterocycles. The number of carbonyl (C=O) groups is 1. The molecule has 0 spiro atoms. The summed E-state index contributed by atoms with van der Waals surface area (Å²) in [4.78, 5) is 10.7. The van der Waals surface area contributed by atoms with Gasteiger partial charge in [0, 0.05) is 5.56 Å². The first kappa shape index (κ1) is 12.4. The predicted molar refractivity (Wildman–Crippen MR) is 72.6 cm³/mol. The zero-order chi connectivity index (χ0) is 13.1. The Balaban J connectivity index is 2.31. The summed E-state index contributed by atoms with van der Waals surface area (Å²) in [6.45, 7) is 6.02. The second-order valence-corrected chi connectivity index (χ2v) is 4.51. The van der Waals surface area contributed by atoms with Gasteiger partial charge in [-0.15, -0.1) is 0 Å². The normalized spacial score (nSPS) is 10.2. The van der Waals surface area contributed by atoms with E-state index in [0.29, 0.717) is 5.56 Å². The van der Waals surface area contributed by atoms with Crippen molar-refractivity contribution in [2.75, 3.05) is 0 Å². The summed E-state index contributed by atoms with van der Waals surface area (Å²) in [5.41, 5.74) is 3.95. The molecular formula is C16H16O2. The van der Waals surface area contributed by atoms with Crippen molar-refractivity contribution >= 4 is 6.29 Å². The summed E-state index contributed by atoms with van der Waals surface area (Å²) >= 11 is 0. The van der Waals surface area contributed by atoms with Gasteiger partial charge >= 0.3 is 0 Å². The number of carbonyl (C=O) groups excluding carboxylic acids is 1. The van der Waals surface area contributed by atoms with Crippen LogP contribution in [0.1, 0.15) is 27.0 Å². The first-order valence-corrected chi connectivity index (χ1v) is 5.91. The molecule has 0 atom stereocenters. The van der Waals surface area contributed by atoms with E-state index in [-0.39, 0.29) is 0 Å². The zero-order valence-corrected chi connectivity index (χ0v) is 10.9. The van der Waals surface area contributed by atoms with Gasteiger partial charge in [0.05, 0.1) is 0 Å². The highest BCUT2D eigenvalue weighted by Crippen LogP contribution is 2.28. The van der Waals surface area contributed by atoms with Crippen LogP contribution in [0.3, 0.4) is 0 Å². The molecule has 2 aromatic rings. The zero-order valence-electron chi connectivity index (χ0n) is 10.9. The lowest BCUT2D eigenvalue weighted by Crippen LogP contribution is -1.92. The van der Waals surface area contributed by atoms with Crippen molar-refractivity contribution in [1.29, 1.82) is 0 Å². The average molecular weight is 240 g/mol. The van der Waals surface area contributed by atoms with Crippen molar-refractivity contribution < 1.29 is 9.53 Å². The number of hydrogen-bond donors (Lipinski definition) is 0. The summed E-state index contributed by atoms with van der Waals surface area (Å²) in [6.07, 6.45) is 0.841. The number of ether oxygens (including phenoxy) is 1. The minimum absolute atomic E-state index is 0.667. The Bertz CT molecular complexity index is 586. The standard InChI is InChI=1S/C16H16O2/c1-11-4-6-15(12(2)8-11)18-16-7-5-14(10-17)9-13(16)3/h4-10H,1-3H3. The second-order valence-electron chi connectivity index (χ2n) is 4.51. The van der Waals surface area contributed by atoms with Crippen LogP contribution in [0, 0.1) is 20.8 Å². The lowest BCUT2D eigenvalue weighted by Gasteiger charge is -2.11. The van der Waals surface area contributed by atoms with Crippen LogP contribution in [0.15, 0.2) is 36.4 Å². The molecule has 2 aromatic carbocycles. The minimum Gasteiger partial charge on any atom is -0.457 e. The molecule has 0 saturated heterocycles. The topological polar surface area (TPSA) is 26.3 Å². The maximum absolute atomic E-state index is 10.7. The Morgan fingerprint density at radius 2 is 1.50 bits per heavy atom. The Morgan fingerprint density at radius 1 is 0.889 bits per heavy atom. The fraction of sp³-hybridized carbons (Fsp3) is 0.188. The van der Waals surface area contributed by atoms with Crippen LogP contribution in [0.2, 0.25) is 0 Å². The Morgan fingerprint density at radius 3 is 2.06 bits per heavy atom. The summed E-state index contributed by atoms with van der Waals surface area (Å²) in [5, 5.41) is 0. The van der Waals surface area contributed by atoms with E-state index in [1.54, 1.807) is 6.07 Å². The molecular weight excluding hydrogens is 224 g/mol. The van der Waals surface area contributed by atoms with Crippen LogP contribution >= 0.6 is 0 Å². The third-order valence-electron chi connectivity index (χ3n) is 2.89. The van der Waals surface area contributed by atoms with Crippen LogP contribution in [0.25, 0.3) is 0 Å². The molecule has 92 valence electrons. The largest absolute Gasteiger partial charge is 0.457 e. The number of rotatable bonds is 3. The van der Waals surface area contributed by atoms with Crippen LogP contribution in [-0.4, -0.2) is 6.29 Å². The predicted octanol–water partition coefficient (Wildman–Crippen LogP) is 4.22. The molecule has 0 heterocycles. The molecule has 0 N–H and O–H groups in total. The van der Waals surface area contributed by atoms with Gasteiger partial charge in [-0.3, -0.25) is 4.79 Å². The number of hydrogen-bond acceptors (Lipinski definition) is 2. The van der Waals surface area contributed by atoms with Crippen LogP contribution in [0.5, 0.6) is 11.5 Å². The van der Waals surface area contributed by atoms with E-state index in [0.717, 1.165) is 28.9 Å². The van der Waals surface area contributed by atoms with Gasteiger partial charge in [-0.25, -0.2) is 0 Å². The molecule has 0 fully saturated rings. The molecule has 0 unspecified atom stereocenters. The maximum Gasteiger partial charge on any atom is 0.150 e. The fourth-order valence-electron chi connectivity index (χ4n) is 1.89. The van der Waals surface area contributed by atoms with Gasteiger partial charge in [0.1, 0.15) is 17.8 Å². The van der Waals surface area contributed by atoms with Gasteiger partial charge in [-0.05, 0) is 56.2 Å². The van der Waals surface area contributed by atoms with E-state index >= 15 is 0 Å². The van der Waals surface area contributed by atoms with E-state index in [4.69, 9.17) is 4.74 Å². The van der Waals surface area contributed by atoms with Crippen molar-refractivity contribution in [3.8, 4) is 11.5 Å². The summed E-state index contributed by atoms with van der Waals surface area (Å²) in [6, 6.07) is 11.5. The molecule has 0 radical (unpaired) electrons. The van der Waals surface area contributed by atoms with Gasteiger partial charge in [0.15, 0.2) is 0 Å². The third-order valence-corrected chi connectivity index (χ3v) is 2.89. The second kappa shape index (κ2) is 5.05. The highest BCUT2D eigenvalue weighted by molar-refractivity contribution is 5.75. The SMILES string of the molecule is Cc1ccc(Oc2ccc(C=O)cc2C)c(C)c1. The first-order valence-electron chi connectivity index (χ1n) is 5.91. The van der Waals surface area contributed by atoms with Crippen molar-refractivity contribution in [3.05, 3.63) is 58.7 Å². The van der Waals surface area contributed by atoms with Crippen LogP contribution in [0.4, 0.5) is 0 Å². The Hall–Kier alpha value is -2.09. The van der Waals surface area contributed by atoms with Crippen LogP contribution in [-0.2, 0) is 0 Å². The van der Waals surface area contributed by atoms with Gasteiger partial charge in [-0.1, -0.05) is 17.7 Å². The molecule has 0 saturated carbocycles. The molecule has 0 bridgehead atoms. The lowest BCUT2D eigenvalue weighted by atomic mass is 10.1. The molecule has 0 aliphatic carbocycles. The van der Waals surface area contributed by atoms with Gasteiger partial charge < -0.3 is 4.74 Å². The molecule has 2 heteroatoms. The molecule has 2 rings (SSSR count). The van der Waals surface area contributed by atoms with Crippen molar-refractivity contribution in [2.24, 2.45) is 0 Å². The van der Waals surface area contributed by atoms with Crippen LogP contribution < -0.4 is 4.74 Å². The fourth-order valence-corrected chi connectivity index (χ4v) is 1.89. The quantitative estimate of drug-likeness (QED) is 0.751. The number of aldehydes is 1. The van der Waals surface area contributed by atoms with Crippen molar-refractivity contribution in [2.45, 2.75) is 20.8 Å². The van der Waals surface area contributed by atoms with E-state index < -0.39 is 0 Å². The molecule has 18 heavy (non-hydrogen) atoms. The molecule has 0 amide bonds. The van der Waals surface area contributed by atoms with Gasteiger partial charge in [0.25, 0.3) is 0 Å². The smallest absolute Gasteiger partial charge is 0.150 e. The number of aryl methyl sites for hydroxylation is 3. The average Bonchev–Trinajstić information content (AvgIpc) is 2.34. The molecule has 0 aliphatic heterocycles. The van der Waals surface area contributed by atoms with E-state index in [2.05, 4.69) is 13.0 Å². The van der Waals surface area contributed by atoms with E-state index in [9.17, 15) is 4.79 Å². The molecule has 0 aliphatic rings. The van der Waals surface area contributed by atoms with Crippen molar-refractivity contribution in [3.63, 3.8) is 0 Å². The minimum atomic E-state index is 0.667. The van der Waals surface area contributed by atoms with E-state index in [1.807, 2.05) is 38.1 Å². The van der Waals surface area contributed by atoms with Gasteiger partial charge in [0.2, 0.25) is 0 Å². The first-order chi connectivity index (χ1) is 8.60. The Labute approximate surface area is 107 Å². The highest BCUT2D eigenvalue weighted by Gasteiger charge is 2.05. The Kier molecular flexibility index (Phi) is 3.47. The summed E-state index contributed by atoms with van der Waals surface area (Å²) in [7, 11) is 0. The van der Waals surface area contributed by atoms with E-state index in [1.165, 1.54) is 5.56 Å². The lowest BCUT2D eigenvalue weighted by molar-refractivity contribution is 0.112. The maximum atomic E-state index is 10.7. The number of benzene rings is 2. The van der Waals surface area contributed by atoms with Crippen molar-refractivity contribution in [1.82, 2.24) is 0 Å². The molecule has 2 nitrogen and oxygen atoms in total. The monoisotopic (exact) mass is 240 g/mol. The summed E-state index contributed by atoms with van der Waals surface area (Å²) in [5.74, 6) is 1.63.